The van der Waals surface area contributed by atoms with Crippen LogP contribution >= 0.6 is 0 Å². The summed E-state index contributed by atoms with van der Waals surface area (Å²) in [6.07, 6.45) is 3.13. The van der Waals surface area contributed by atoms with Gasteiger partial charge < -0.3 is 4.74 Å². The average Bonchev–Trinajstić information content (AvgIpc) is 2.47. The van der Waals surface area contributed by atoms with Gasteiger partial charge in [0, 0.05) is 17.4 Å². The zero-order valence-electron chi connectivity index (χ0n) is 10.3. The minimum atomic E-state index is -0.198. The quantitative estimate of drug-likeness (QED) is 0.892. The van der Waals surface area contributed by atoms with Crippen LogP contribution in [0.1, 0.15) is 5.56 Å². The van der Waals surface area contributed by atoms with Crippen LogP contribution in [0, 0.1) is 0 Å². The molecule has 3 rings (SSSR count). The zero-order chi connectivity index (χ0) is 13.2. The van der Waals surface area contributed by atoms with Crippen molar-refractivity contribution in [3.05, 3.63) is 42.4 Å². The first-order valence-electron chi connectivity index (χ1n) is 5.79. The number of anilines is 2. The van der Waals surface area contributed by atoms with E-state index in [-0.39, 0.29) is 6.03 Å². The number of aromatic nitrogens is 2. The van der Waals surface area contributed by atoms with E-state index in [1.807, 2.05) is 24.3 Å². The van der Waals surface area contributed by atoms with Crippen molar-refractivity contribution in [1.82, 2.24) is 9.97 Å². The molecule has 0 atom stereocenters. The van der Waals surface area contributed by atoms with Gasteiger partial charge in [-0.3, -0.25) is 10.2 Å². The second-order valence-corrected chi connectivity index (χ2v) is 4.11. The fraction of sp³-hybridized carbons (Fsp3) is 0.154. The van der Waals surface area contributed by atoms with E-state index in [4.69, 9.17) is 4.74 Å². The molecule has 1 aliphatic rings. The summed E-state index contributed by atoms with van der Waals surface area (Å²) >= 11 is 0. The molecule has 0 aliphatic carbocycles. The molecular weight excluding hydrogens is 244 g/mol. The van der Waals surface area contributed by atoms with Crippen LogP contribution in [-0.2, 0) is 6.54 Å². The number of nitrogens with zero attached hydrogens (tertiary/aromatic N) is 3. The Morgan fingerprint density at radius 3 is 2.84 bits per heavy atom. The third-order valence-corrected chi connectivity index (χ3v) is 2.97. The van der Waals surface area contributed by atoms with E-state index < -0.39 is 0 Å². The lowest BCUT2D eigenvalue weighted by molar-refractivity contribution is 0.256. The molecule has 0 spiro atoms. The number of fused-ring (bicyclic) bond motifs is 1. The molecule has 2 heterocycles. The van der Waals surface area contributed by atoms with Crippen molar-refractivity contribution in [3.63, 3.8) is 0 Å². The highest BCUT2D eigenvalue weighted by atomic mass is 16.5. The maximum Gasteiger partial charge on any atom is 0.327 e. The summed E-state index contributed by atoms with van der Waals surface area (Å²) < 4.78 is 5.10. The lowest BCUT2D eigenvalue weighted by Gasteiger charge is -2.28. The second kappa shape index (κ2) is 4.56. The summed E-state index contributed by atoms with van der Waals surface area (Å²) in [5.41, 5.74) is 1.69. The highest BCUT2D eigenvalue weighted by Crippen LogP contribution is 2.26. The Hall–Kier alpha value is -2.63. The lowest BCUT2D eigenvalue weighted by atomic mass is 10.2. The van der Waals surface area contributed by atoms with Crippen molar-refractivity contribution in [2.75, 3.05) is 17.3 Å². The standard InChI is InChI=1S/C13H12N4O2/c1-19-11-4-2-10(3-5-11)17-7-9-6-14-8-15-12(9)16-13(17)18/h2-6,8H,7H2,1H3,(H,14,15,16,18). The van der Waals surface area contributed by atoms with E-state index >= 15 is 0 Å². The first-order chi connectivity index (χ1) is 9.28. The minimum absolute atomic E-state index is 0.198. The monoisotopic (exact) mass is 256 g/mol. The summed E-state index contributed by atoms with van der Waals surface area (Å²) in [7, 11) is 1.61. The fourth-order valence-electron chi connectivity index (χ4n) is 1.97. The van der Waals surface area contributed by atoms with Crippen LogP contribution in [0.15, 0.2) is 36.8 Å². The molecule has 1 aliphatic heterocycles. The number of benzene rings is 1. The van der Waals surface area contributed by atoms with Crippen LogP contribution in [-0.4, -0.2) is 23.1 Å². The number of rotatable bonds is 2. The van der Waals surface area contributed by atoms with Gasteiger partial charge in [0.25, 0.3) is 0 Å². The molecule has 2 aromatic rings. The van der Waals surface area contributed by atoms with Gasteiger partial charge in [0.1, 0.15) is 17.9 Å². The lowest BCUT2D eigenvalue weighted by Crippen LogP contribution is -2.39. The number of carbonyl (C=O) groups is 1. The number of carbonyl (C=O) groups excluding carboxylic acids is 1. The highest BCUT2D eigenvalue weighted by molar-refractivity contribution is 6.03. The van der Waals surface area contributed by atoms with Gasteiger partial charge in [-0.15, -0.1) is 0 Å². The van der Waals surface area contributed by atoms with E-state index in [9.17, 15) is 4.79 Å². The Morgan fingerprint density at radius 2 is 2.11 bits per heavy atom. The Kier molecular flexibility index (Phi) is 2.75. The Balaban J connectivity index is 1.91. The average molecular weight is 256 g/mol. The molecule has 0 unspecified atom stereocenters. The first kappa shape index (κ1) is 11.5. The van der Waals surface area contributed by atoms with Gasteiger partial charge >= 0.3 is 6.03 Å². The van der Waals surface area contributed by atoms with E-state index in [1.54, 1.807) is 18.2 Å². The largest absolute Gasteiger partial charge is 0.497 e. The molecule has 1 N–H and O–H groups in total. The first-order valence-corrected chi connectivity index (χ1v) is 5.79. The van der Waals surface area contributed by atoms with E-state index in [2.05, 4.69) is 15.3 Å². The van der Waals surface area contributed by atoms with Crippen molar-refractivity contribution >= 4 is 17.5 Å². The second-order valence-electron chi connectivity index (χ2n) is 4.11. The molecule has 0 radical (unpaired) electrons. The predicted molar refractivity (Wildman–Crippen MR) is 70.2 cm³/mol. The zero-order valence-corrected chi connectivity index (χ0v) is 10.3. The molecule has 0 saturated heterocycles. The van der Waals surface area contributed by atoms with Gasteiger partial charge in [0.05, 0.1) is 13.7 Å². The Morgan fingerprint density at radius 1 is 1.32 bits per heavy atom. The molecule has 0 saturated carbocycles. The molecule has 1 aromatic carbocycles. The topological polar surface area (TPSA) is 67.3 Å². The minimum Gasteiger partial charge on any atom is -0.497 e. The summed E-state index contributed by atoms with van der Waals surface area (Å²) in [5, 5.41) is 2.74. The van der Waals surface area contributed by atoms with Crippen LogP contribution in [0.5, 0.6) is 5.75 Å². The number of nitrogens with one attached hydrogen (secondary N) is 1. The molecular formula is C13H12N4O2. The third kappa shape index (κ3) is 2.08. The summed E-state index contributed by atoms with van der Waals surface area (Å²) in [5.74, 6) is 1.33. The van der Waals surface area contributed by atoms with Gasteiger partial charge in [0.15, 0.2) is 0 Å². The molecule has 19 heavy (non-hydrogen) atoms. The van der Waals surface area contributed by atoms with Crippen molar-refractivity contribution in [2.24, 2.45) is 0 Å². The van der Waals surface area contributed by atoms with E-state index in [0.717, 1.165) is 17.0 Å². The normalized spacial score (nSPS) is 13.7. The fourth-order valence-corrected chi connectivity index (χ4v) is 1.97. The van der Waals surface area contributed by atoms with Crippen LogP contribution < -0.4 is 15.0 Å². The van der Waals surface area contributed by atoms with Gasteiger partial charge in [-0.05, 0) is 24.3 Å². The molecule has 2 amide bonds. The number of urea groups is 1. The molecule has 6 nitrogen and oxygen atoms in total. The van der Waals surface area contributed by atoms with Crippen molar-refractivity contribution < 1.29 is 9.53 Å². The number of methoxy groups -OCH3 is 1. The van der Waals surface area contributed by atoms with Gasteiger partial charge in [-0.1, -0.05) is 0 Å². The van der Waals surface area contributed by atoms with Gasteiger partial charge in [-0.2, -0.15) is 0 Å². The van der Waals surface area contributed by atoms with Crippen LogP contribution in [0.4, 0.5) is 16.3 Å². The maximum atomic E-state index is 12.0. The number of amides is 2. The number of ether oxygens (including phenoxy) is 1. The third-order valence-electron chi connectivity index (χ3n) is 2.97. The summed E-state index contributed by atoms with van der Waals surface area (Å²) in [6, 6.07) is 7.12. The smallest absolute Gasteiger partial charge is 0.327 e. The van der Waals surface area contributed by atoms with E-state index in [1.165, 1.54) is 6.33 Å². The van der Waals surface area contributed by atoms with Crippen molar-refractivity contribution in [2.45, 2.75) is 6.54 Å². The molecule has 0 fully saturated rings. The van der Waals surface area contributed by atoms with Gasteiger partial charge in [0.2, 0.25) is 0 Å². The summed E-state index contributed by atoms with van der Waals surface area (Å²) in [6.45, 7) is 0.453. The number of hydrogen-bond acceptors (Lipinski definition) is 4. The Labute approximate surface area is 110 Å². The molecule has 6 heteroatoms. The van der Waals surface area contributed by atoms with Gasteiger partial charge in [-0.25, -0.2) is 14.8 Å². The van der Waals surface area contributed by atoms with Crippen LogP contribution in [0.25, 0.3) is 0 Å². The van der Waals surface area contributed by atoms with Crippen molar-refractivity contribution in [3.8, 4) is 5.75 Å². The SMILES string of the molecule is COc1ccc(N2Cc3cncnc3NC2=O)cc1. The maximum absolute atomic E-state index is 12.0. The van der Waals surface area contributed by atoms with Crippen LogP contribution in [0.3, 0.4) is 0 Å². The summed E-state index contributed by atoms with van der Waals surface area (Å²) in [4.78, 5) is 21.7. The van der Waals surface area contributed by atoms with Crippen molar-refractivity contribution in [1.29, 1.82) is 0 Å². The number of hydrogen-bond donors (Lipinski definition) is 1. The molecule has 96 valence electrons. The Bertz CT molecular complexity index is 612. The highest BCUT2D eigenvalue weighted by Gasteiger charge is 2.24. The van der Waals surface area contributed by atoms with E-state index in [0.29, 0.717) is 12.4 Å². The predicted octanol–water partition coefficient (Wildman–Crippen LogP) is 2.04. The molecule has 1 aromatic heterocycles. The van der Waals surface area contributed by atoms with Crippen LogP contribution in [0.2, 0.25) is 0 Å². The molecule has 0 bridgehead atoms.